The van der Waals surface area contributed by atoms with Gasteiger partial charge in [-0.1, -0.05) is 42.5 Å². The first-order chi connectivity index (χ1) is 15.1. The number of halogens is 1. The van der Waals surface area contributed by atoms with Gasteiger partial charge in [-0.05, 0) is 30.3 Å². The van der Waals surface area contributed by atoms with Crippen LogP contribution in [0.4, 0.5) is 16.0 Å². The molecule has 1 aromatic heterocycles. The third-order valence-electron chi connectivity index (χ3n) is 4.39. The van der Waals surface area contributed by atoms with Crippen LogP contribution in [0.3, 0.4) is 0 Å². The number of anilines is 1. The average Bonchev–Trinajstić information content (AvgIpc) is 2.80. The van der Waals surface area contributed by atoms with Gasteiger partial charge in [0.1, 0.15) is 5.82 Å². The third kappa shape index (κ3) is 4.94. The molecule has 0 fully saturated rings. The minimum absolute atomic E-state index is 0.0233. The Hall–Kier alpha value is -4.46. The van der Waals surface area contributed by atoms with Crippen LogP contribution < -0.4 is 5.43 Å². The van der Waals surface area contributed by atoms with Crippen molar-refractivity contribution >= 4 is 17.9 Å². The Morgan fingerprint density at radius 2 is 1.55 bits per heavy atom. The quantitative estimate of drug-likeness (QED) is 0.263. The first kappa shape index (κ1) is 19.8. The van der Waals surface area contributed by atoms with Crippen molar-refractivity contribution < 1.29 is 9.31 Å². The molecule has 3 aromatic carbocycles. The van der Waals surface area contributed by atoms with Crippen molar-refractivity contribution in [3.8, 4) is 22.5 Å². The van der Waals surface area contributed by atoms with E-state index in [1.54, 1.807) is 24.3 Å². The zero-order valence-electron chi connectivity index (χ0n) is 16.1. The molecule has 4 rings (SSSR count). The Morgan fingerprint density at radius 3 is 2.23 bits per heavy atom. The van der Waals surface area contributed by atoms with Crippen LogP contribution in [0.25, 0.3) is 22.5 Å². The molecule has 0 radical (unpaired) electrons. The van der Waals surface area contributed by atoms with Crippen LogP contribution in [0.2, 0.25) is 0 Å². The normalized spacial score (nSPS) is 10.9. The fourth-order valence-corrected chi connectivity index (χ4v) is 2.91. The van der Waals surface area contributed by atoms with Gasteiger partial charge in [-0.25, -0.2) is 19.8 Å². The van der Waals surface area contributed by atoms with Crippen LogP contribution in [0.15, 0.2) is 90.0 Å². The topological polar surface area (TPSA) is 93.3 Å². The van der Waals surface area contributed by atoms with Crippen LogP contribution in [-0.4, -0.2) is 21.1 Å². The summed E-state index contributed by atoms with van der Waals surface area (Å²) in [6.45, 7) is 0. The first-order valence-electron chi connectivity index (χ1n) is 9.32. The minimum Gasteiger partial charge on any atom is -0.258 e. The summed E-state index contributed by atoms with van der Waals surface area (Å²) in [5.41, 5.74) is 6.19. The molecular formula is C23H16FN5O2. The molecule has 0 aliphatic rings. The Morgan fingerprint density at radius 1 is 0.871 bits per heavy atom. The molecule has 0 atom stereocenters. The van der Waals surface area contributed by atoms with Gasteiger partial charge in [-0.15, -0.1) is 0 Å². The number of benzene rings is 3. The number of hydrazone groups is 1. The van der Waals surface area contributed by atoms with Crippen LogP contribution in [0.5, 0.6) is 0 Å². The third-order valence-corrected chi connectivity index (χ3v) is 4.39. The number of hydrogen-bond acceptors (Lipinski definition) is 6. The van der Waals surface area contributed by atoms with E-state index < -0.39 is 4.92 Å². The summed E-state index contributed by atoms with van der Waals surface area (Å²) < 4.78 is 13.3. The largest absolute Gasteiger partial charge is 0.270 e. The number of nitrogens with zero attached hydrogens (tertiary/aromatic N) is 4. The molecule has 7 nitrogen and oxygen atoms in total. The van der Waals surface area contributed by atoms with E-state index in [1.165, 1.54) is 30.5 Å². The molecule has 0 amide bonds. The summed E-state index contributed by atoms with van der Waals surface area (Å²) in [6, 6.07) is 23.5. The maximum atomic E-state index is 13.3. The van der Waals surface area contributed by atoms with Crippen LogP contribution in [0, 0.1) is 15.9 Å². The summed E-state index contributed by atoms with van der Waals surface area (Å²) in [7, 11) is 0. The van der Waals surface area contributed by atoms with Gasteiger partial charge in [0.15, 0.2) is 0 Å². The second kappa shape index (κ2) is 8.91. The number of nitro groups is 1. The summed E-state index contributed by atoms with van der Waals surface area (Å²) in [6.07, 6.45) is 1.45. The summed E-state index contributed by atoms with van der Waals surface area (Å²) in [5.74, 6) is -0.0941. The summed E-state index contributed by atoms with van der Waals surface area (Å²) in [5, 5.41) is 15.0. The highest BCUT2D eigenvalue weighted by Crippen LogP contribution is 2.25. The number of nitrogens with one attached hydrogen (secondary N) is 1. The second-order valence-corrected chi connectivity index (χ2v) is 6.56. The van der Waals surface area contributed by atoms with Gasteiger partial charge in [-0.2, -0.15) is 5.10 Å². The van der Waals surface area contributed by atoms with E-state index in [1.807, 2.05) is 36.4 Å². The van der Waals surface area contributed by atoms with E-state index in [0.29, 0.717) is 17.0 Å². The molecule has 0 aliphatic heterocycles. The van der Waals surface area contributed by atoms with E-state index in [-0.39, 0.29) is 17.5 Å². The van der Waals surface area contributed by atoms with E-state index in [2.05, 4.69) is 20.5 Å². The molecule has 31 heavy (non-hydrogen) atoms. The van der Waals surface area contributed by atoms with Gasteiger partial charge in [0.05, 0.1) is 22.5 Å². The maximum absolute atomic E-state index is 13.3. The lowest BCUT2D eigenvalue weighted by molar-refractivity contribution is -0.384. The molecule has 0 unspecified atom stereocenters. The summed E-state index contributed by atoms with van der Waals surface area (Å²) in [4.78, 5) is 19.4. The van der Waals surface area contributed by atoms with E-state index in [0.717, 1.165) is 11.1 Å². The predicted molar refractivity (Wildman–Crippen MR) is 117 cm³/mol. The van der Waals surface area contributed by atoms with Crippen molar-refractivity contribution in [3.05, 3.63) is 106 Å². The SMILES string of the molecule is O=[N+]([O-])c1cccc(/C=N\Nc2nc(-c3ccccc3)cc(-c3ccc(F)cc3)n2)c1. The zero-order chi connectivity index (χ0) is 21.6. The lowest BCUT2D eigenvalue weighted by Gasteiger charge is -2.08. The number of aromatic nitrogens is 2. The number of nitro benzene ring substituents is 1. The molecule has 0 spiro atoms. The Bertz CT molecular complexity index is 1240. The van der Waals surface area contributed by atoms with Gasteiger partial charge >= 0.3 is 0 Å². The maximum Gasteiger partial charge on any atom is 0.270 e. The fourth-order valence-electron chi connectivity index (χ4n) is 2.91. The Kier molecular flexibility index (Phi) is 5.70. The lowest BCUT2D eigenvalue weighted by atomic mass is 10.1. The van der Waals surface area contributed by atoms with Crippen LogP contribution in [0.1, 0.15) is 5.56 Å². The molecule has 0 aliphatic carbocycles. The molecule has 8 heteroatoms. The predicted octanol–water partition coefficient (Wildman–Crippen LogP) is 5.30. The van der Waals surface area contributed by atoms with Crippen molar-refractivity contribution in [2.24, 2.45) is 5.10 Å². The van der Waals surface area contributed by atoms with Crippen molar-refractivity contribution in [2.75, 3.05) is 5.43 Å². The fraction of sp³-hybridized carbons (Fsp3) is 0. The highest BCUT2D eigenvalue weighted by Gasteiger charge is 2.09. The zero-order valence-corrected chi connectivity index (χ0v) is 16.1. The molecule has 1 heterocycles. The van der Waals surface area contributed by atoms with E-state index in [9.17, 15) is 14.5 Å². The standard InChI is InChI=1S/C23H16FN5O2/c24-19-11-9-18(10-12-19)22-14-21(17-6-2-1-3-7-17)26-23(27-22)28-25-15-16-5-4-8-20(13-16)29(30)31/h1-15H,(H,26,27,28)/b25-15-. The monoisotopic (exact) mass is 413 g/mol. The lowest BCUT2D eigenvalue weighted by Crippen LogP contribution is -2.00. The van der Waals surface area contributed by atoms with Crippen LogP contribution in [-0.2, 0) is 0 Å². The van der Waals surface area contributed by atoms with Crippen molar-refractivity contribution in [2.45, 2.75) is 0 Å². The van der Waals surface area contributed by atoms with Crippen molar-refractivity contribution in [1.82, 2.24) is 9.97 Å². The molecule has 4 aromatic rings. The van der Waals surface area contributed by atoms with Gasteiger partial charge in [0.25, 0.3) is 5.69 Å². The first-order valence-corrected chi connectivity index (χ1v) is 9.32. The summed E-state index contributed by atoms with van der Waals surface area (Å²) >= 11 is 0. The van der Waals surface area contributed by atoms with Crippen molar-refractivity contribution in [1.29, 1.82) is 0 Å². The van der Waals surface area contributed by atoms with Crippen LogP contribution >= 0.6 is 0 Å². The number of non-ortho nitro benzene ring substituents is 1. The number of hydrogen-bond donors (Lipinski definition) is 1. The van der Waals surface area contributed by atoms with Gasteiger partial charge in [0, 0.05) is 28.8 Å². The van der Waals surface area contributed by atoms with E-state index >= 15 is 0 Å². The molecule has 0 bridgehead atoms. The number of rotatable bonds is 6. The minimum atomic E-state index is -0.466. The highest BCUT2D eigenvalue weighted by atomic mass is 19.1. The Balaban J connectivity index is 1.66. The molecule has 0 saturated carbocycles. The smallest absolute Gasteiger partial charge is 0.258 e. The molecule has 152 valence electrons. The molecular weight excluding hydrogens is 397 g/mol. The molecule has 1 N–H and O–H groups in total. The molecule has 0 saturated heterocycles. The second-order valence-electron chi connectivity index (χ2n) is 6.56. The van der Waals surface area contributed by atoms with E-state index in [4.69, 9.17) is 0 Å². The van der Waals surface area contributed by atoms with Gasteiger partial charge < -0.3 is 0 Å². The highest BCUT2D eigenvalue weighted by molar-refractivity contribution is 5.81. The van der Waals surface area contributed by atoms with Crippen molar-refractivity contribution in [3.63, 3.8) is 0 Å². The Labute approximate surface area is 177 Å². The average molecular weight is 413 g/mol. The van der Waals surface area contributed by atoms with Gasteiger partial charge in [0.2, 0.25) is 5.95 Å². The van der Waals surface area contributed by atoms with Gasteiger partial charge in [-0.3, -0.25) is 10.1 Å².